The van der Waals surface area contributed by atoms with Crippen molar-refractivity contribution < 1.29 is 8.42 Å². The predicted octanol–water partition coefficient (Wildman–Crippen LogP) is 2.13. The molecule has 1 unspecified atom stereocenters. The van der Waals surface area contributed by atoms with Crippen molar-refractivity contribution in [2.45, 2.75) is 17.9 Å². The molecule has 126 valence electrons. The first kappa shape index (κ1) is 18.2. The lowest BCUT2D eigenvalue weighted by atomic mass is 10.1. The Kier molecular flexibility index (Phi) is 5.70. The molecule has 2 aromatic rings. The number of rotatable bonds is 3. The van der Waals surface area contributed by atoms with E-state index in [2.05, 4.69) is 15.5 Å². The number of benzene rings is 1. The van der Waals surface area contributed by atoms with Crippen LogP contribution in [0.4, 0.5) is 0 Å². The molecule has 2 heterocycles. The van der Waals surface area contributed by atoms with Gasteiger partial charge in [-0.3, -0.25) is 5.10 Å². The Labute approximate surface area is 146 Å². The number of hydrogen-bond acceptors (Lipinski definition) is 4. The van der Waals surface area contributed by atoms with Crippen LogP contribution in [-0.2, 0) is 10.0 Å². The Morgan fingerprint density at radius 2 is 2.09 bits per heavy atom. The van der Waals surface area contributed by atoms with Crippen LogP contribution in [0.15, 0.2) is 35.4 Å². The number of sulfonamides is 1. The number of aromatic nitrogens is 2. The van der Waals surface area contributed by atoms with E-state index in [1.54, 1.807) is 13.0 Å². The molecule has 1 aliphatic heterocycles. The number of nitrogens with one attached hydrogen (secondary N) is 2. The molecule has 6 nitrogen and oxygen atoms in total. The Balaban J connectivity index is 0.00000192. The van der Waals surface area contributed by atoms with Gasteiger partial charge in [-0.05, 0) is 18.6 Å². The average Bonchev–Trinajstić information content (AvgIpc) is 2.95. The van der Waals surface area contributed by atoms with Crippen molar-refractivity contribution in [3.63, 3.8) is 0 Å². The maximum absolute atomic E-state index is 13.0. The molecule has 0 bridgehead atoms. The average molecular weight is 377 g/mol. The quantitative estimate of drug-likeness (QED) is 0.859. The molecule has 9 heteroatoms. The highest BCUT2D eigenvalue weighted by Crippen LogP contribution is 2.33. The molecule has 1 aliphatic rings. The predicted molar refractivity (Wildman–Crippen MR) is 91.5 cm³/mol. The van der Waals surface area contributed by atoms with Crippen molar-refractivity contribution in [3.8, 4) is 0 Å². The molecule has 3 rings (SSSR count). The van der Waals surface area contributed by atoms with E-state index in [4.69, 9.17) is 11.6 Å². The Morgan fingerprint density at radius 3 is 2.74 bits per heavy atom. The highest BCUT2D eigenvalue weighted by molar-refractivity contribution is 7.89. The minimum absolute atomic E-state index is 0. The summed E-state index contributed by atoms with van der Waals surface area (Å²) in [6, 6.07) is 7.01. The van der Waals surface area contributed by atoms with Gasteiger partial charge in [-0.15, -0.1) is 12.4 Å². The van der Waals surface area contributed by atoms with Crippen molar-refractivity contribution in [3.05, 3.63) is 46.7 Å². The molecule has 0 spiro atoms. The van der Waals surface area contributed by atoms with E-state index in [-0.39, 0.29) is 23.3 Å². The molecule has 0 aliphatic carbocycles. The van der Waals surface area contributed by atoms with Gasteiger partial charge in [0.2, 0.25) is 10.0 Å². The third-order valence-corrected chi connectivity index (χ3v) is 6.19. The van der Waals surface area contributed by atoms with E-state index in [0.29, 0.717) is 30.4 Å². The van der Waals surface area contributed by atoms with Crippen molar-refractivity contribution in [2.75, 3.05) is 19.6 Å². The maximum atomic E-state index is 13.0. The number of halogens is 2. The van der Waals surface area contributed by atoms with Gasteiger partial charge in [-0.1, -0.05) is 29.8 Å². The molecular weight excluding hydrogens is 359 g/mol. The Morgan fingerprint density at radius 1 is 1.35 bits per heavy atom. The highest BCUT2D eigenvalue weighted by Gasteiger charge is 2.36. The summed E-state index contributed by atoms with van der Waals surface area (Å²) in [4.78, 5) is 0.214. The molecule has 23 heavy (non-hydrogen) atoms. The van der Waals surface area contributed by atoms with Gasteiger partial charge in [-0.25, -0.2) is 8.42 Å². The first-order valence-corrected chi connectivity index (χ1v) is 8.80. The summed E-state index contributed by atoms with van der Waals surface area (Å²) in [6.45, 7) is 3.23. The second-order valence-corrected chi connectivity index (χ2v) is 7.48. The van der Waals surface area contributed by atoms with Crippen LogP contribution in [0.25, 0.3) is 0 Å². The highest BCUT2D eigenvalue weighted by atomic mass is 35.5. The van der Waals surface area contributed by atoms with Crippen molar-refractivity contribution >= 4 is 34.0 Å². The Bertz CT molecular complexity index is 779. The number of H-pyrrole nitrogens is 1. The van der Waals surface area contributed by atoms with E-state index < -0.39 is 10.0 Å². The molecule has 0 radical (unpaired) electrons. The zero-order chi connectivity index (χ0) is 15.7. The normalized spacial score (nSPS) is 19.3. The standard InChI is InChI=1S/C14H17ClN4O2S.ClH/c1-10-14(9-17-18-10)22(20,21)19-7-6-16-8-13(19)11-4-2-3-5-12(11)15;/h2-5,9,13,16H,6-8H2,1H3,(H,17,18);1H. The molecule has 1 aromatic carbocycles. The van der Waals surface area contributed by atoms with Gasteiger partial charge in [-0.2, -0.15) is 9.40 Å². The van der Waals surface area contributed by atoms with Crippen LogP contribution in [0.3, 0.4) is 0 Å². The molecular formula is C14H18Cl2N4O2S. The summed E-state index contributed by atoms with van der Waals surface area (Å²) in [5.74, 6) is 0. The smallest absolute Gasteiger partial charge is 0.247 e. The van der Waals surface area contributed by atoms with Gasteiger partial charge in [0, 0.05) is 24.7 Å². The topological polar surface area (TPSA) is 78.1 Å². The van der Waals surface area contributed by atoms with Crippen LogP contribution in [0.1, 0.15) is 17.3 Å². The van der Waals surface area contributed by atoms with E-state index in [1.807, 2.05) is 18.2 Å². The number of aryl methyl sites for hydroxylation is 1. The van der Waals surface area contributed by atoms with Crippen molar-refractivity contribution in [1.29, 1.82) is 0 Å². The second-order valence-electron chi connectivity index (χ2n) is 5.22. The molecule has 0 saturated carbocycles. The minimum atomic E-state index is -3.62. The van der Waals surface area contributed by atoms with Gasteiger partial charge in [0.25, 0.3) is 0 Å². The number of aromatic amines is 1. The number of piperazine rings is 1. The van der Waals surface area contributed by atoms with Gasteiger partial charge in [0.15, 0.2) is 0 Å². The molecule has 0 amide bonds. The van der Waals surface area contributed by atoms with E-state index in [0.717, 1.165) is 5.56 Å². The minimum Gasteiger partial charge on any atom is -0.313 e. The largest absolute Gasteiger partial charge is 0.313 e. The lowest BCUT2D eigenvalue weighted by Gasteiger charge is -2.35. The van der Waals surface area contributed by atoms with Crippen molar-refractivity contribution in [1.82, 2.24) is 19.8 Å². The fraction of sp³-hybridized carbons (Fsp3) is 0.357. The van der Waals surface area contributed by atoms with Crippen LogP contribution >= 0.6 is 24.0 Å². The van der Waals surface area contributed by atoms with Gasteiger partial charge < -0.3 is 5.32 Å². The zero-order valence-corrected chi connectivity index (χ0v) is 14.9. The van der Waals surface area contributed by atoms with Gasteiger partial charge in [0.05, 0.1) is 17.9 Å². The fourth-order valence-electron chi connectivity index (χ4n) is 2.71. The van der Waals surface area contributed by atoms with Crippen LogP contribution in [0.5, 0.6) is 0 Å². The summed E-state index contributed by atoms with van der Waals surface area (Å²) in [5.41, 5.74) is 1.34. The summed E-state index contributed by atoms with van der Waals surface area (Å²) in [6.07, 6.45) is 1.36. The third kappa shape index (κ3) is 3.39. The Hall–Kier alpha value is -1.12. The van der Waals surface area contributed by atoms with E-state index in [1.165, 1.54) is 10.5 Å². The summed E-state index contributed by atoms with van der Waals surface area (Å²) < 4.78 is 27.4. The summed E-state index contributed by atoms with van der Waals surface area (Å²) >= 11 is 6.26. The third-order valence-electron chi connectivity index (χ3n) is 3.83. The molecule has 1 atom stereocenters. The van der Waals surface area contributed by atoms with Gasteiger partial charge in [0.1, 0.15) is 4.90 Å². The van der Waals surface area contributed by atoms with E-state index in [9.17, 15) is 8.42 Å². The molecule has 1 aromatic heterocycles. The van der Waals surface area contributed by atoms with Crippen LogP contribution in [0, 0.1) is 6.92 Å². The monoisotopic (exact) mass is 376 g/mol. The first-order chi connectivity index (χ1) is 10.5. The van der Waals surface area contributed by atoms with E-state index >= 15 is 0 Å². The van der Waals surface area contributed by atoms with Crippen LogP contribution in [0.2, 0.25) is 5.02 Å². The van der Waals surface area contributed by atoms with Crippen LogP contribution < -0.4 is 5.32 Å². The summed E-state index contributed by atoms with van der Waals surface area (Å²) in [5, 5.41) is 10.3. The molecule has 1 fully saturated rings. The summed E-state index contributed by atoms with van der Waals surface area (Å²) in [7, 11) is -3.62. The molecule has 2 N–H and O–H groups in total. The lowest BCUT2D eigenvalue weighted by molar-refractivity contribution is 0.271. The van der Waals surface area contributed by atoms with Gasteiger partial charge >= 0.3 is 0 Å². The maximum Gasteiger partial charge on any atom is 0.247 e. The number of hydrogen-bond donors (Lipinski definition) is 2. The van der Waals surface area contributed by atoms with Crippen LogP contribution in [-0.4, -0.2) is 42.6 Å². The second kappa shape index (κ2) is 7.19. The fourth-order valence-corrected chi connectivity index (χ4v) is 4.70. The van der Waals surface area contributed by atoms with Crippen molar-refractivity contribution in [2.24, 2.45) is 0 Å². The first-order valence-electron chi connectivity index (χ1n) is 6.99. The number of nitrogens with zero attached hydrogens (tertiary/aromatic N) is 2. The lowest BCUT2D eigenvalue weighted by Crippen LogP contribution is -2.48. The SMILES string of the molecule is Cc1[nH]ncc1S(=O)(=O)N1CCNCC1c1ccccc1Cl.Cl. The molecule has 1 saturated heterocycles. The zero-order valence-electron chi connectivity index (χ0n) is 12.5.